The predicted molar refractivity (Wildman–Crippen MR) is 81.0 cm³/mol. The Morgan fingerprint density at radius 3 is 2.80 bits per heavy atom. The van der Waals surface area contributed by atoms with Crippen LogP contribution in [0.15, 0.2) is 54.1 Å². The largest absolute Gasteiger partial charge is 0.255 e. The van der Waals surface area contributed by atoms with Crippen molar-refractivity contribution in [1.82, 2.24) is 9.71 Å². The molecule has 0 bridgehead atoms. The number of fused-ring (bicyclic) bond motifs is 1. The number of para-hydroxylation sites is 1. The summed E-state index contributed by atoms with van der Waals surface area (Å²) >= 11 is 0. The van der Waals surface area contributed by atoms with Gasteiger partial charge in [-0.25, -0.2) is 13.1 Å². The second-order valence-corrected chi connectivity index (χ2v) is 6.26. The third kappa shape index (κ3) is 3.05. The summed E-state index contributed by atoms with van der Waals surface area (Å²) in [7, 11) is -3.58. The Labute approximate surface area is 119 Å². The Hall–Kier alpha value is -1.72. The maximum Gasteiger partial charge on any atom is 0.242 e. The van der Waals surface area contributed by atoms with Crippen molar-refractivity contribution >= 4 is 20.9 Å². The number of pyridine rings is 1. The zero-order chi connectivity index (χ0) is 14.6. The first kappa shape index (κ1) is 14.7. The monoisotopic (exact) mass is 290 g/mol. The van der Waals surface area contributed by atoms with Crippen LogP contribution in [0.1, 0.15) is 19.8 Å². The molecule has 5 heteroatoms. The van der Waals surface area contributed by atoms with Crippen molar-refractivity contribution < 1.29 is 8.42 Å². The van der Waals surface area contributed by atoms with E-state index in [0.717, 1.165) is 5.39 Å². The van der Waals surface area contributed by atoms with Crippen LogP contribution in [0.4, 0.5) is 0 Å². The molecular weight excluding hydrogens is 272 g/mol. The lowest BCUT2D eigenvalue weighted by Gasteiger charge is -2.16. The molecule has 0 radical (unpaired) electrons. The van der Waals surface area contributed by atoms with Gasteiger partial charge >= 0.3 is 0 Å². The molecule has 0 aliphatic carbocycles. The van der Waals surface area contributed by atoms with Gasteiger partial charge in [0.15, 0.2) is 0 Å². The predicted octanol–water partition coefficient (Wildman–Crippen LogP) is 2.87. The number of hydrogen-bond acceptors (Lipinski definition) is 3. The highest BCUT2D eigenvalue weighted by Gasteiger charge is 2.21. The van der Waals surface area contributed by atoms with Gasteiger partial charge in [-0.05, 0) is 25.0 Å². The highest BCUT2D eigenvalue weighted by Crippen LogP contribution is 2.21. The summed E-state index contributed by atoms with van der Waals surface area (Å²) in [6, 6.07) is 8.66. The molecule has 1 heterocycles. The zero-order valence-electron chi connectivity index (χ0n) is 11.4. The Morgan fingerprint density at radius 1 is 1.35 bits per heavy atom. The van der Waals surface area contributed by atoms with Gasteiger partial charge in [0.25, 0.3) is 0 Å². The van der Waals surface area contributed by atoms with Crippen LogP contribution in [0.5, 0.6) is 0 Å². The van der Waals surface area contributed by atoms with Crippen molar-refractivity contribution in [2.45, 2.75) is 30.7 Å². The third-order valence-corrected chi connectivity index (χ3v) is 4.70. The molecule has 106 valence electrons. The summed E-state index contributed by atoms with van der Waals surface area (Å²) in [5.74, 6) is 0. The smallest absolute Gasteiger partial charge is 0.242 e. The summed E-state index contributed by atoms with van der Waals surface area (Å²) in [5, 5.41) is 0.812. The van der Waals surface area contributed by atoms with Crippen LogP contribution in [-0.2, 0) is 10.0 Å². The Balaban J connectivity index is 2.44. The maximum absolute atomic E-state index is 12.5. The minimum Gasteiger partial charge on any atom is -0.255 e. The molecule has 4 nitrogen and oxygen atoms in total. The second kappa shape index (κ2) is 6.15. The van der Waals surface area contributed by atoms with Gasteiger partial charge in [0.1, 0.15) is 4.90 Å². The molecule has 0 unspecified atom stereocenters. The summed E-state index contributed by atoms with van der Waals surface area (Å²) in [4.78, 5) is 4.41. The minimum atomic E-state index is -3.58. The zero-order valence-corrected chi connectivity index (χ0v) is 12.2. The van der Waals surface area contributed by atoms with E-state index < -0.39 is 10.0 Å². The quantitative estimate of drug-likeness (QED) is 0.832. The molecule has 0 spiro atoms. The lowest BCUT2D eigenvalue weighted by atomic mass is 10.2. The van der Waals surface area contributed by atoms with Gasteiger partial charge < -0.3 is 0 Å². The average molecular weight is 290 g/mol. The number of aromatic nitrogens is 1. The van der Waals surface area contributed by atoms with Crippen LogP contribution >= 0.6 is 0 Å². The molecule has 1 atom stereocenters. The molecule has 0 saturated carbocycles. The van der Waals surface area contributed by atoms with Crippen molar-refractivity contribution in [3.05, 3.63) is 49.2 Å². The standard InChI is InChI=1S/C15H18N2O2S/c1-3-7-13(4-2)17-20(18,19)14-10-5-8-12-9-6-11-16-15(12)14/h3,5-6,8-11,13,17H,1,4,7H2,2H3/t13-/m0/s1. The number of rotatable bonds is 6. The van der Waals surface area contributed by atoms with Gasteiger partial charge in [-0.15, -0.1) is 6.58 Å². The second-order valence-electron chi connectivity index (χ2n) is 4.58. The van der Waals surface area contributed by atoms with E-state index in [1.54, 1.807) is 30.5 Å². The fourth-order valence-corrected chi connectivity index (χ4v) is 3.59. The van der Waals surface area contributed by atoms with Gasteiger partial charge in [0, 0.05) is 17.6 Å². The molecule has 20 heavy (non-hydrogen) atoms. The van der Waals surface area contributed by atoms with Crippen molar-refractivity contribution in [3.8, 4) is 0 Å². The summed E-state index contributed by atoms with van der Waals surface area (Å²) < 4.78 is 27.7. The van der Waals surface area contributed by atoms with Crippen LogP contribution in [0, 0.1) is 0 Å². The number of hydrogen-bond donors (Lipinski definition) is 1. The molecule has 1 aromatic carbocycles. The summed E-state index contributed by atoms with van der Waals surface area (Å²) in [5.41, 5.74) is 0.496. The van der Waals surface area contributed by atoms with Gasteiger partial charge in [0.05, 0.1) is 5.52 Å². The number of sulfonamides is 1. The molecule has 0 fully saturated rings. The number of nitrogens with one attached hydrogen (secondary N) is 1. The van der Waals surface area contributed by atoms with Crippen LogP contribution in [0.25, 0.3) is 10.9 Å². The van der Waals surface area contributed by atoms with Crippen LogP contribution < -0.4 is 4.72 Å². The number of nitrogens with zero attached hydrogens (tertiary/aromatic N) is 1. The molecular formula is C15H18N2O2S. The Kier molecular flexibility index (Phi) is 4.52. The molecule has 1 aromatic heterocycles. The fourth-order valence-electron chi connectivity index (χ4n) is 2.08. The van der Waals surface area contributed by atoms with E-state index in [1.807, 2.05) is 19.1 Å². The SMILES string of the molecule is C=CC[C@H](CC)NS(=O)(=O)c1cccc2cccnc12. The van der Waals surface area contributed by atoms with E-state index >= 15 is 0 Å². The Bertz CT molecular complexity index is 705. The topological polar surface area (TPSA) is 59.1 Å². The van der Waals surface area contributed by atoms with Crippen molar-refractivity contribution in [1.29, 1.82) is 0 Å². The molecule has 0 aliphatic rings. The van der Waals surface area contributed by atoms with Crippen LogP contribution in [0.2, 0.25) is 0 Å². The van der Waals surface area contributed by atoms with E-state index in [0.29, 0.717) is 18.4 Å². The highest BCUT2D eigenvalue weighted by molar-refractivity contribution is 7.89. The van der Waals surface area contributed by atoms with E-state index in [1.165, 1.54) is 0 Å². The normalized spacial score (nSPS) is 13.2. The molecule has 0 amide bonds. The van der Waals surface area contributed by atoms with E-state index in [4.69, 9.17) is 0 Å². The van der Waals surface area contributed by atoms with Gasteiger partial charge in [-0.2, -0.15) is 0 Å². The van der Waals surface area contributed by atoms with E-state index in [9.17, 15) is 8.42 Å². The van der Waals surface area contributed by atoms with E-state index in [-0.39, 0.29) is 10.9 Å². The summed E-state index contributed by atoms with van der Waals surface area (Å²) in [6.07, 6.45) is 4.64. The van der Waals surface area contributed by atoms with Crippen molar-refractivity contribution in [2.24, 2.45) is 0 Å². The first-order valence-corrected chi connectivity index (χ1v) is 8.03. The van der Waals surface area contributed by atoms with E-state index in [2.05, 4.69) is 16.3 Å². The highest BCUT2D eigenvalue weighted by atomic mass is 32.2. The summed E-state index contributed by atoms with van der Waals surface area (Å²) in [6.45, 7) is 5.60. The maximum atomic E-state index is 12.5. The molecule has 0 saturated heterocycles. The lowest BCUT2D eigenvalue weighted by Crippen LogP contribution is -2.34. The third-order valence-electron chi connectivity index (χ3n) is 3.15. The first-order valence-electron chi connectivity index (χ1n) is 6.55. The van der Waals surface area contributed by atoms with Crippen LogP contribution in [0.3, 0.4) is 0 Å². The minimum absolute atomic E-state index is 0.142. The molecule has 2 aromatic rings. The molecule has 2 rings (SSSR count). The van der Waals surface area contributed by atoms with Crippen molar-refractivity contribution in [2.75, 3.05) is 0 Å². The average Bonchev–Trinajstić information content (AvgIpc) is 2.46. The van der Waals surface area contributed by atoms with Gasteiger partial charge in [-0.3, -0.25) is 4.98 Å². The molecule has 1 N–H and O–H groups in total. The Morgan fingerprint density at radius 2 is 2.10 bits per heavy atom. The van der Waals surface area contributed by atoms with Gasteiger partial charge in [-0.1, -0.05) is 31.2 Å². The fraction of sp³-hybridized carbons (Fsp3) is 0.267. The van der Waals surface area contributed by atoms with Crippen molar-refractivity contribution in [3.63, 3.8) is 0 Å². The first-order chi connectivity index (χ1) is 9.58. The molecule has 0 aliphatic heterocycles. The number of benzene rings is 1. The van der Waals surface area contributed by atoms with Gasteiger partial charge in [0.2, 0.25) is 10.0 Å². The van der Waals surface area contributed by atoms with Crippen LogP contribution in [-0.4, -0.2) is 19.4 Å². The lowest BCUT2D eigenvalue weighted by molar-refractivity contribution is 0.542.